The molecule has 6 nitrogen and oxygen atoms in total. The van der Waals surface area contributed by atoms with Crippen molar-refractivity contribution in [1.29, 1.82) is 0 Å². The van der Waals surface area contributed by atoms with Crippen molar-refractivity contribution in [3.05, 3.63) is 65.4 Å². The molecule has 1 spiro atoms. The molecule has 29 heavy (non-hydrogen) atoms. The third kappa shape index (κ3) is 2.75. The number of hydrogen-bond acceptors (Lipinski definition) is 5. The largest absolute Gasteiger partial charge is 0.493 e. The lowest BCUT2D eigenvalue weighted by atomic mass is 9.94. The normalized spacial score (nSPS) is 20.9. The van der Waals surface area contributed by atoms with Crippen LogP contribution in [0.3, 0.4) is 0 Å². The number of likely N-dealkylation sites (N-methyl/N-ethyl adjacent to an activating group) is 1. The monoisotopic (exact) mass is 393 g/mol. The van der Waals surface area contributed by atoms with Gasteiger partial charge >= 0.3 is 0 Å². The zero-order chi connectivity index (χ0) is 20.6. The van der Waals surface area contributed by atoms with E-state index >= 15 is 0 Å². The molecule has 0 aliphatic carbocycles. The maximum Gasteiger partial charge on any atom is 0.280 e. The number of methoxy groups -OCH3 is 3. The van der Waals surface area contributed by atoms with Crippen LogP contribution in [0.1, 0.15) is 18.1 Å². The molecule has 0 saturated heterocycles. The van der Waals surface area contributed by atoms with Gasteiger partial charge < -0.3 is 23.8 Å². The van der Waals surface area contributed by atoms with E-state index in [2.05, 4.69) is 0 Å². The minimum absolute atomic E-state index is 0.170. The Morgan fingerprint density at radius 3 is 2.41 bits per heavy atom. The number of carbonyl (C=O) groups excluding carboxylic acids is 1. The van der Waals surface area contributed by atoms with Crippen LogP contribution in [-0.2, 0) is 15.1 Å². The molecule has 1 amide bonds. The van der Waals surface area contributed by atoms with Crippen LogP contribution >= 0.6 is 0 Å². The molecule has 150 valence electrons. The second kappa shape index (κ2) is 7.20. The number of ether oxygens (including phenoxy) is 4. The molecule has 0 N–H and O–H groups in total. The van der Waals surface area contributed by atoms with Gasteiger partial charge in [-0.1, -0.05) is 30.3 Å². The summed E-state index contributed by atoms with van der Waals surface area (Å²) >= 11 is 0. The zero-order valence-corrected chi connectivity index (χ0v) is 16.9. The number of anilines is 1. The molecule has 2 aliphatic heterocycles. The third-order valence-electron chi connectivity index (χ3n) is 5.22. The number of amides is 1. The third-order valence-corrected chi connectivity index (χ3v) is 5.22. The molecule has 6 heteroatoms. The van der Waals surface area contributed by atoms with Crippen molar-refractivity contribution in [2.24, 2.45) is 0 Å². The van der Waals surface area contributed by atoms with Gasteiger partial charge in [0.2, 0.25) is 11.4 Å². The molecule has 0 radical (unpaired) electrons. The Kier molecular flexibility index (Phi) is 4.70. The van der Waals surface area contributed by atoms with E-state index in [1.54, 1.807) is 38.4 Å². The Morgan fingerprint density at radius 2 is 1.79 bits per heavy atom. The van der Waals surface area contributed by atoms with Gasteiger partial charge in [0.25, 0.3) is 5.91 Å². The number of carbonyl (C=O) groups is 1. The second-order valence-electron chi connectivity index (χ2n) is 6.72. The number of hydrogen-bond donors (Lipinski definition) is 0. The van der Waals surface area contributed by atoms with Gasteiger partial charge in [-0.3, -0.25) is 4.79 Å². The molecule has 0 saturated carbocycles. The van der Waals surface area contributed by atoms with Crippen molar-refractivity contribution in [3.8, 4) is 17.2 Å². The van der Waals surface area contributed by atoms with Crippen molar-refractivity contribution in [2.75, 3.05) is 32.8 Å². The van der Waals surface area contributed by atoms with Crippen molar-refractivity contribution in [2.45, 2.75) is 12.5 Å². The summed E-state index contributed by atoms with van der Waals surface area (Å²) in [6.45, 7) is 2.41. The molecule has 1 unspecified atom stereocenters. The lowest BCUT2D eigenvalue weighted by Gasteiger charge is -2.24. The highest BCUT2D eigenvalue weighted by molar-refractivity contribution is 6.10. The fraction of sp³-hybridized carbons (Fsp3) is 0.261. The van der Waals surface area contributed by atoms with Gasteiger partial charge in [-0.15, -0.1) is 0 Å². The first kappa shape index (κ1) is 18.9. The van der Waals surface area contributed by atoms with Crippen LogP contribution in [0.5, 0.6) is 17.2 Å². The fourth-order valence-corrected chi connectivity index (χ4v) is 3.94. The van der Waals surface area contributed by atoms with Gasteiger partial charge in [0.15, 0.2) is 11.5 Å². The van der Waals surface area contributed by atoms with Crippen LogP contribution < -0.4 is 19.1 Å². The van der Waals surface area contributed by atoms with E-state index in [0.29, 0.717) is 40.8 Å². The summed E-state index contributed by atoms with van der Waals surface area (Å²) in [5.41, 5.74) is 1.01. The average molecular weight is 393 g/mol. The van der Waals surface area contributed by atoms with E-state index < -0.39 is 5.60 Å². The topological polar surface area (TPSA) is 57.2 Å². The molecular weight excluding hydrogens is 370 g/mol. The standard InChI is InChI=1S/C23H23NO5/c1-5-24-17-14-18(26-2)20(27-3)21(28-4)19(17)23(22(24)25)12-11-16(29-23)13-15-9-7-6-8-10-15/h6-14H,5H2,1-4H3/b16-13-. The number of nitrogens with zero attached hydrogens (tertiary/aromatic N) is 1. The number of fused-ring (bicyclic) bond motifs is 2. The summed E-state index contributed by atoms with van der Waals surface area (Å²) in [5.74, 6) is 1.78. The van der Waals surface area contributed by atoms with Gasteiger partial charge in [-0.2, -0.15) is 0 Å². The maximum absolute atomic E-state index is 13.5. The lowest BCUT2D eigenvalue weighted by Crippen LogP contribution is -2.39. The van der Waals surface area contributed by atoms with Crippen molar-refractivity contribution < 1.29 is 23.7 Å². The minimum atomic E-state index is -1.29. The lowest BCUT2D eigenvalue weighted by molar-refractivity contribution is -0.132. The summed E-state index contributed by atoms with van der Waals surface area (Å²) in [5, 5.41) is 0. The highest BCUT2D eigenvalue weighted by Gasteiger charge is 2.56. The quantitative estimate of drug-likeness (QED) is 0.771. The molecule has 0 fully saturated rings. The molecule has 0 aromatic heterocycles. The van der Waals surface area contributed by atoms with Crippen LogP contribution in [0.15, 0.2) is 54.3 Å². The molecular formula is C23H23NO5. The molecule has 2 heterocycles. The van der Waals surface area contributed by atoms with Crippen LogP contribution in [-0.4, -0.2) is 33.8 Å². The summed E-state index contributed by atoms with van der Waals surface area (Å²) < 4.78 is 23.0. The van der Waals surface area contributed by atoms with Crippen molar-refractivity contribution >= 4 is 17.7 Å². The number of benzene rings is 2. The summed E-state index contributed by atoms with van der Waals surface area (Å²) in [7, 11) is 4.64. The molecule has 2 aromatic rings. The van der Waals surface area contributed by atoms with Gasteiger partial charge in [0, 0.05) is 12.6 Å². The van der Waals surface area contributed by atoms with E-state index in [-0.39, 0.29) is 5.91 Å². The van der Waals surface area contributed by atoms with Crippen LogP contribution in [0.2, 0.25) is 0 Å². The Bertz CT molecular complexity index is 1010. The van der Waals surface area contributed by atoms with Crippen LogP contribution in [0, 0.1) is 0 Å². The van der Waals surface area contributed by atoms with Crippen molar-refractivity contribution in [3.63, 3.8) is 0 Å². The highest BCUT2D eigenvalue weighted by atomic mass is 16.5. The Balaban J connectivity index is 1.89. The molecule has 1 atom stereocenters. The zero-order valence-electron chi connectivity index (χ0n) is 16.9. The van der Waals surface area contributed by atoms with E-state index in [0.717, 1.165) is 5.56 Å². The number of allylic oxidation sites excluding steroid dienone is 1. The minimum Gasteiger partial charge on any atom is -0.493 e. The first-order valence-corrected chi connectivity index (χ1v) is 9.40. The van der Waals surface area contributed by atoms with Crippen molar-refractivity contribution in [1.82, 2.24) is 0 Å². The van der Waals surface area contributed by atoms with Crippen LogP contribution in [0.25, 0.3) is 6.08 Å². The molecule has 0 bridgehead atoms. The van der Waals surface area contributed by atoms with Gasteiger partial charge in [0.1, 0.15) is 5.76 Å². The van der Waals surface area contributed by atoms with Gasteiger partial charge in [0.05, 0.1) is 32.6 Å². The first-order valence-electron chi connectivity index (χ1n) is 9.40. The molecule has 2 aliphatic rings. The Labute approximate surface area is 169 Å². The Hall–Kier alpha value is -3.41. The number of rotatable bonds is 5. The summed E-state index contributed by atoms with van der Waals surface area (Å²) in [6, 6.07) is 11.6. The summed E-state index contributed by atoms with van der Waals surface area (Å²) in [4.78, 5) is 15.1. The fourth-order valence-electron chi connectivity index (χ4n) is 3.94. The summed E-state index contributed by atoms with van der Waals surface area (Å²) in [6.07, 6.45) is 5.51. The second-order valence-corrected chi connectivity index (χ2v) is 6.72. The van der Waals surface area contributed by atoms with E-state index in [1.807, 2.05) is 49.4 Å². The molecule has 2 aromatic carbocycles. The average Bonchev–Trinajstić information content (AvgIpc) is 3.27. The van der Waals surface area contributed by atoms with E-state index in [1.165, 1.54) is 0 Å². The van der Waals surface area contributed by atoms with E-state index in [4.69, 9.17) is 18.9 Å². The molecule has 4 rings (SSSR count). The first-order chi connectivity index (χ1) is 14.1. The predicted octanol–water partition coefficient (Wildman–Crippen LogP) is 3.90. The highest BCUT2D eigenvalue weighted by Crippen LogP contribution is 2.57. The SMILES string of the molecule is CCN1C(=O)C2(C=C/C(=C/c3ccccc3)O2)c2c1cc(OC)c(OC)c2OC. The Morgan fingerprint density at radius 1 is 1.07 bits per heavy atom. The maximum atomic E-state index is 13.5. The van der Waals surface area contributed by atoms with Gasteiger partial charge in [-0.05, 0) is 30.7 Å². The van der Waals surface area contributed by atoms with E-state index in [9.17, 15) is 4.79 Å². The van der Waals surface area contributed by atoms with Gasteiger partial charge in [-0.25, -0.2) is 0 Å². The smallest absolute Gasteiger partial charge is 0.280 e. The van der Waals surface area contributed by atoms with Crippen LogP contribution in [0.4, 0.5) is 5.69 Å². The predicted molar refractivity (Wildman–Crippen MR) is 110 cm³/mol.